The number of carbonyl (C=O) groups is 1. The fourth-order valence-electron chi connectivity index (χ4n) is 2.62. The Morgan fingerprint density at radius 3 is 2.57 bits per heavy atom. The molecule has 4 nitrogen and oxygen atoms in total. The highest BCUT2D eigenvalue weighted by atomic mass is 16.5. The first-order valence-corrected chi connectivity index (χ1v) is 7.91. The summed E-state index contributed by atoms with van der Waals surface area (Å²) in [6.07, 6.45) is 2.35. The lowest BCUT2D eigenvalue weighted by Gasteiger charge is -2.17. The lowest BCUT2D eigenvalue weighted by Crippen LogP contribution is -2.26. The minimum absolute atomic E-state index is 0.0399. The van der Waals surface area contributed by atoms with Crippen molar-refractivity contribution in [3.8, 4) is 5.75 Å². The highest BCUT2D eigenvalue weighted by Gasteiger charge is 2.16. The summed E-state index contributed by atoms with van der Waals surface area (Å²) >= 11 is 0. The maximum atomic E-state index is 12.5. The largest absolute Gasteiger partial charge is 0.491 e. The fourth-order valence-corrected chi connectivity index (χ4v) is 2.62. The monoisotopic (exact) mass is 311 g/mol. The average molecular weight is 311 g/mol. The van der Waals surface area contributed by atoms with Crippen molar-refractivity contribution in [3.63, 3.8) is 0 Å². The average Bonchev–Trinajstić information content (AvgIpc) is 3.13. The Labute approximate surface area is 136 Å². The number of amides is 1. The minimum Gasteiger partial charge on any atom is -0.491 e. The second-order valence-corrected chi connectivity index (χ2v) is 5.67. The third-order valence-corrected chi connectivity index (χ3v) is 4.01. The highest BCUT2D eigenvalue weighted by molar-refractivity contribution is 6.05. The van der Waals surface area contributed by atoms with E-state index in [2.05, 4.69) is 0 Å². The van der Waals surface area contributed by atoms with Gasteiger partial charge in [-0.3, -0.25) is 4.79 Å². The standard InChI is InChI=1S/C19H21NO3/c1-20(16-6-3-2-4-7-16)19(21)15-9-11-17(12-10-15)23-14-18-8-5-13-22-18/h2-4,6-7,9-12,18H,5,8,13-14H2,1H3. The van der Waals surface area contributed by atoms with Crippen LogP contribution < -0.4 is 9.64 Å². The van der Waals surface area contributed by atoms with Crippen LogP contribution in [0.5, 0.6) is 5.75 Å². The van der Waals surface area contributed by atoms with Crippen LogP contribution in [0.2, 0.25) is 0 Å². The molecule has 1 amide bonds. The topological polar surface area (TPSA) is 38.8 Å². The lowest BCUT2D eigenvalue weighted by molar-refractivity contribution is 0.0679. The van der Waals surface area contributed by atoms with Crippen LogP contribution in [0.1, 0.15) is 23.2 Å². The number of hydrogen-bond donors (Lipinski definition) is 0. The molecule has 0 spiro atoms. The van der Waals surface area contributed by atoms with Crippen molar-refractivity contribution in [2.45, 2.75) is 18.9 Å². The molecule has 0 bridgehead atoms. The first-order valence-electron chi connectivity index (χ1n) is 7.91. The Morgan fingerprint density at radius 2 is 1.91 bits per heavy atom. The van der Waals surface area contributed by atoms with Gasteiger partial charge in [-0.05, 0) is 49.2 Å². The van der Waals surface area contributed by atoms with Crippen molar-refractivity contribution >= 4 is 11.6 Å². The highest BCUT2D eigenvalue weighted by Crippen LogP contribution is 2.19. The van der Waals surface area contributed by atoms with E-state index in [9.17, 15) is 4.79 Å². The Balaban J connectivity index is 1.61. The van der Waals surface area contributed by atoms with Gasteiger partial charge in [0, 0.05) is 24.9 Å². The SMILES string of the molecule is CN(C(=O)c1ccc(OCC2CCCO2)cc1)c1ccccc1. The molecular formula is C19H21NO3. The van der Waals surface area contributed by atoms with Crippen molar-refractivity contribution in [2.24, 2.45) is 0 Å². The zero-order valence-corrected chi connectivity index (χ0v) is 13.3. The van der Waals surface area contributed by atoms with Gasteiger partial charge in [-0.25, -0.2) is 0 Å². The van der Waals surface area contributed by atoms with Gasteiger partial charge in [0.2, 0.25) is 0 Å². The van der Waals surface area contributed by atoms with Crippen molar-refractivity contribution < 1.29 is 14.3 Å². The predicted molar refractivity (Wildman–Crippen MR) is 90.1 cm³/mol. The van der Waals surface area contributed by atoms with Gasteiger partial charge >= 0.3 is 0 Å². The Morgan fingerprint density at radius 1 is 1.17 bits per heavy atom. The molecule has 1 heterocycles. The van der Waals surface area contributed by atoms with Crippen LogP contribution in [0.3, 0.4) is 0 Å². The first-order chi connectivity index (χ1) is 11.2. The molecular weight excluding hydrogens is 290 g/mol. The molecule has 120 valence electrons. The van der Waals surface area contributed by atoms with E-state index in [1.54, 1.807) is 24.1 Å². The van der Waals surface area contributed by atoms with Crippen molar-refractivity contribution in [1.82, 2.24) is 0 Å². The number of hydrogen-bond acceptors (Lipinski definition) is 3. The van der Waals surface area contributed by atoms with Crippen molar-refractivity contribution in [2.75, 3.05) is 25.2 Å². The predicted octanol–water partition coefficient (Wildman–Crippen LogP) is 3.52. The molecule has 2 aromatic rings. The molecule has 0 aliphatic carbocycles. The fraction of sp³-hybridized carbons (Fsp3) is 0.316. The Kier molecular flexibility index (Phi) is 4.93. The van der Waals surface area contributed by atoms with Gasteiger partial charge in [-0.2, -0.15) is 0 Å². The van der Waals surface area contributed by atoms with E-state index < -0.39 is 0 Å². The van der Waals surface area contributed by atoms with Gasteiger partial charge in [-0.15, -0.1) is 0 Å². The summed E-state index contributed by atoms with van der Waals surface area (Å²) in [7, 11) is 1.78. The molecule has 0 N–H and O–H groups in total. The summed E-state index contributed by atoms with van der Waals surface area (Å²) < 4.78 is 11.3. The maximum absolute atomic E-state index is 12.5. The zero-order chi connectivity index (χ0) is 16.1. The summed E-state index contributed by atoms with van der Waals surface area (Å²) in [5.41, 5.74) is 1.51. The quantitative estimate of drug-likeness (QED) is 0.848. The number of carbonyl (C=O) groups excluding carboxylic acids is 1. The lowest BCUT2D eigenvalue weighted by atomic mass is 10.2. The van der Waals surface area contributed by atoms with Crippen LogP contribution in [0.4, 0.5) is 5.69 Å². The molecule has 1 unspecified atom stereocenters. The second kappa shape index (κ2) is 7.29. The minimum atomic E-state index is -0.0399. The van der Waals surface area contributed by atoms with E-state index >= 15 is 0 Å². The van der Waals surface area contributed by atoms with E-state index in [1.165, 1.54) is 0 Å². The number of para-hydroxylation sites is 1. The van der Waals surface area contributed by atoms with E-state index in [-0.39, 0.29) is 12.0 Å². The molecule has 4 heteroatoms. The molecule has 1 fully saturated rings. The van der Waals surface area contributed by atoms with Crippen LogP contribution in [-0.2, 0) is 4.74 Å². The van der Waals surface area contributed by atoms with Gasteiger partial charge < -0.3 is 14.4 Å². The van der Waals surface area contributed by atoms with Crippen LogP contribution in [0, 0.1) is 0 Å². The number of ether oxygens (including phenoxy) is 2. The molecule has 0 aromatic heterocycles. The molecule has 2 aromatic carbocycles. The number of rotatable bonds is 5. The zero-order valence-electron chi connectivity index (χ0n) is 13.3. The van der Waals surface area contributed by atoms with E-state index in [1.807, 2.05) is 42.5 Å². The van der Waals surface area contributed by atoms with Crippen LogP contribution in [0.15, 0.2) is 54.6 Å². The molecule has 1 aliphatic rings. The maximum Gasteiger partial charge on any atom is 0.258 e. The number of anilines is 1. The van der Waals surface area contributed by atoms with Gasteiger partial charge in [0.15, 0.2) is 0 Å². The molecule has 0 saturated carbocycles. The van der Waals surface area contributed by atoms with Gasteiger partial charge in [-0.1, -0.05) is 18.2 Å². The van der Waals surface area contributed by atoms with Gasteiger partial charge in [0.25, 0.3) is 5.91 Å². The smallest absolute Gasteiger partial charge is 0.258 e. The molecule has 1 atom stereocenters. The Hall–Kier alpha value is -2.33. The van der Waals surface area contributed by atoms with E-state index in [4.69, 9.17) is 9.47 Å². The van der Waals surface area contributed by atoms with Gasteiger partial charge in [0.05, 0.1) is 6.10 Å². The Bertz CT molecular complexity index is 633. The number of benzene rings is 2. The van der Waals surface area contributed by atoms with E-state index in [0.717, 1.165) is 30.9 Å². The van der Waals surface area contributed by atoms with Crippen LogP contribution in [-0.4, -0.2) is 32.3 Å². The third-order valence-electron chi connectivity index (χ3n) is 4.01. The van der Waals surface area contributed by atoms with Crippen molar-refractivity contribution in [1.29, 1.82) is 0 Å². The normalized spacial score (nSPS) is 17.0. The summed E-state index contributed by atoms with van der Waals surface area (Å²) in [4.78, 5) is 14.1. The third kappa shape index (κ3) is 3.90. The first kappa shape index (κ1) is 15.6. The van der Waals surface area contributed by atoms with Crippen molar-refractivity contribution in [3.05, 3.63) is 60.2 Å². The molecule has 23 heavy (non-hydrogen) atoms. The van der Waals surface area contributed by atoms with Gasteiger partial charge in [0.1, 0.15) is 12.4 Å². The number of nitrogens with zero attached hydrogens (tertiary/aromatic N) is 1. The molecule has 0 radical (unpaired) electrons. The molecule has 1 aliphatic heterocycles. The van der Waals surface area contributed by atoms with Crippen LogP contribution >= 0.6 is 0 Å². The molecule has 1 saturated heterocycles. The summed E-state index contributed by atoms with van der Waals surface area (Å²) in [5.74, 6) is 0.723. The van der Waals surface area contributed by atoms with E-state index in [0.29, 0.717) is 12.2 Å². The van der Waals surface area contributed by atoms with Crippen LogP contribution in [0.25, 0.3) is 0 Å². The summed E-state index contributed by atoms with van der Waals surface area (Å²) in [6.45, 7) is 1.39. The molecule has 3 rings (SSSR count). The summed E-state index contributed by atoms with van der Waals surface area (Å²) in [6, 6.07) is 16.9. The summed E-state index contributed by atoms with van der Waals surface area (Å²) in [5, 5.41) is 0. The second-order valence-electron chi connectivity index (χ2n) is 5.67.